The fourth-order valence-electron chi connectivity index (χ4n) is 0. The van der Waals surface area contributed by atoms with Gasteiger partial charge >= 0.3 is 0 Å². The quantitative estimate of drug-likeness (QED) is 0.388. The Morgan fingerprint density at radius 1 is 0.667 bits per heavy atom. The Morgan fingerprint density at radius 3 is 0.722 bits per heavy atom. The Balaban J connectivity index is -0.0000000742. The minimum atomic E-state index is -2.61. The van der Waals surface area contributed by atoms with Crippen molar-refractivity contribution in [1.29, 1.82) is 0 Å². The molecule has 4 N–H and O–H groups in total. The van der Waals surface area contributed by atoms with Crippen molar-refractivity contribution in [1.82, 2.24) is 0 Å². The van der Waals surface area contributed by atoms with Crippen molar-refractivity contribution in [2.24, 2.45) is 0 Å². The van der Waals surface area contributed by atoms with Gasteiger partial charge in [0.2, 0.25) is 0 Å². The molecular formula is C6H16O9S3. The van der Waals surface area contributed by atoms with Crippen molar-refractivity contribution >= 4 is 43.2 Å². The highest BCUT2D eigenvalue weighted by Crippen LogP contribution is 1.74. The van der Waals surface area contributed by atoms with Crippen molar-refractivity contribution in [3.05, 3.63) is 0 Å². The molecule has 0 heterocycles. The molecule has 0 aliphatic carbocycles. The number of ketones is 2. The van der Waals surface area contributed by atoms with Crippen LogP contribution in [0.25, 0.3) is 0 Å². The SMILES string of the molecule is CC(C)=O.CC(C)=O.O=S(O)O.O=S(O)S(=O)O. The first kappa shape index (κ1) is 26.2. The number of Topliss-reactive ketones (excluding diaryl/α,β-unsaturated/α-hetero) is 2. The molecule has 0 aromatic rings. The lowest BCUT2D eigenvalue weighted by Crippen LogP contribution is -1.93. The van der Waals surface area contributed by atoms with Gasteiger partial charge in [-0.1, -0.05) is 0 Å². The highest BCUT2D eigenvalue weighted by atomic mass is 33.2. The fourth-order valence-corrected chi connectivity index (χ4v) is 0. The van der Waals surface area contributed by atoms with Crippen molar-refractivity contribution in [2.45, 2.75) is 27.7 Å². The summed E-state index contributed by atoms with van der Waals surface area (Å²) in [6, 6.07) is 0. The second-order valence-corrected chi connectivity index (χ2v) is 5.52. The van der Waals surface area contributed by atoms with E-state index in [2.05, 4.69) is 0 Å². The summed E-state index contributed by atoms with van der Waals surface area (Å²) in [4.78, 5) is 18.9. The summed E-state index contributed by atoms with van der Waals surface area (Å²) in [6.07, 6.45) is 0. The molecule has 0 fully saturated rings. The molecule has 0 aliphatic heterocycles. The molecule has 0 amide bonds. The van der Waals surface area contributed by atoms with E-state index in [1.807, 2.05) is 0 Å². The third-order valence-corrected chi connectivity index (χ3v) is 1.10. The molecule has 0 bridgehead atoms. The van der Waals surface area contributed by atoms with E-state index in [0.717, 1.165) is 0 Å². The number of hydrogen-bond acceptors (Lipinski definition) is 5. The summed E-state index contributed by atoms with van der Waals surface area (Å²) in [7, 11) is -5.18. The van der Waals surface area contributed by atoms with Gasteiger partial charge in [-0.05, 0) is 27.7 Å². The molecule has 18 heavy (non-hydrogen) atoms. The molecule has 0 aliphatic rings. The Kier molecular flexibility index (Phi) is 27.7. The van der Waals surface area contributed by atoms with E-state index < -0.39 is 31.6 Å². The van der Waals surface area contributed by atoms with Gasteiger partial charge in [-0.25, -0.2) is 8.42 Å². The first-order valence-electron chi connectivity index (χ1n) is 3.81. The van der Waals surface area contributed by atoms with E-state index in [9.17, 15) is 18.0 Å². The Hall–Kier alpha value is -0.370. The highest BCUT2D eigenvalue weighted by molar-refractivity contribution is 8.56. The minimum absolute atomic E-state index is 0.167. The molecule has 0 aromatic heterocycles. The number of hydrogen-bond donors (Lipinski definition) is 4. The van der Waals surface area contributed by atoms with Gasteiger partial charge in [-0.3, -0.25) is 18.2 Å². The van der Waals surface area contributed by atoms with E-state index in [1.54, 1.807) is 0 Å². The number of rotatable bonds is 1. The van der Waals surface area contributed by atoms with Crippen molar-refractivity contribution < 1.29 is 40.4 Å². The van der Waals surface area contributed by atoms with Gasteiger partial charge in [0, 0.05) is 0 Å². The van der Waals surface area contributed by atoms with Gasteiger partial charge < -0.3 is 9.59 Å². The maximum absolute atomic E-state index is 9.44. The predicted molar refractivity (Wildman–Crippen MR) is 67.7 cm³/mol. The molecule has 9 nitrogen and oxygen atoms in total. The molecule has 2 atom stereocenters. The van der Waals surface area contributed by atoms with Crippen molar-refractivity contribution in [3.63, 3.8) is 0 Å². The van der Waals surface area contributed by atoms with Crippen LogP contribution in [0.2, 0.25) is 0 Å². The van der Waals surface area contributed by atoms with Gasteiger partial charge in [-0.2, -0.15) is 4.21 Å². The van der Waals surface area contributed by atoms with Crippen LogP contribution in [0.5, 0.6) is 0 Å². The van der Waals surface area contributed by atoms with Crippen molar-refractivity contribution in [3.8, 4) is 0 Å². The zero-order chi connectivity index (χ0) is 15.9. The zero-order valence-electron chi connectivity index (χ0n) is 10.1. The average molecular weight is 328 g/mol. The van der Waals surface area contributed by atoms with Crippen LogP contribution in [-0.2, 0) is 41.2 Å². The van der Waals surface area contributed by atoms with Crippen LogP contribution < -0.4 is 0 Å². The number of carbonyl (C=O) groups excluding carboxylic acids is 2. The van der Waals surface area contributed by atoms with Crippen LogP contribution in [0.15, 0.2) is 0 Å². The monoisotopic (exact) mass is 328 g/mol. The van der Waals surface area contributed by atoms with Gasteiger partial charge in [0.15, 0.2) is 0 Å². The van der Waals surface area contributed by atoms with E-state index >= 15 is 0 Å². The molecule has 0 spiro atoms. The second kappa shape index (κ2) is 19.0. The average Bonchev–Trinajstić information content (AvgIpc) is 1.99. The summed E-state index contributed by atoms with van der Waals surface area (Å²) in [5.41, 5.74) is 0. The van der Waals surface area contributed by atoms with Crippen LogP contribution in [0.4, 0.5) is 0 Å². The topological polar surface area (TPSA) is 166 Å². The first-order chi connectivity index (χ1) is 7.84. The largest absolute Gasteiger partial charge is 0.300 e. The fraction of sp³-hybridized carbons (Fsp3) is 0.667. The maximum Gasteiger partial charge on any atom is 0.299 e. The molecular weight excluding hydrogens is 312 g/mol. The third-order valence-electron chi connectivity index (χ3n) is 0.122. The highest BCUT2D eigenvalue weighted by Gasteiger charge is 1.95. The summed E-state index contributed by atoms with van der Waals surface area (Å²) in [5.74, 6) is 0.333. The normalized spacial score (nSPS) is 11.4. The van der Waals surface area contributed by atoms with Crippen LogP contribution in [-0.4, -0.2) is 42.4 Å². The van der Waals surface area contributed by atoms with Crippen LogP contribution in [0, 0.1) is 0 Å². The van der Waals surface area contributed by atoms with Gasteiger partial charge in [-0.15, -0.1) is 0 Å². The summed E-state index contributed by atoms with van der Waals surface area (Å²) in [6.45, 7) is 6.11. The Bertz CT molecular complexity index is 248. The molecule has 2 unspecified atom stereocenters. The molecule has 0 saturated carbocycles. The lowest BCUT2D eigenvalue weighted by Gasteiger charge is -1.74. The molecule has 112 valence electrons. The van der Waals surface area contributed by atoms with Gasteiger partial charge in [0.1, 0.15) is 11.6 Å². The Labute approximate surface area is 111 Å². The number of carbonyl (C=O) groups is 2. The van der Waals surface area contributed by atoms with Crippen LogP contribution >= 0.6 is 0 Å². The zero-order valence-corrected chi connectivity index (χ0v) is 12.5. The standard InChI is InChI=1S/2C3H6O.H2O4S2.H2O3S/c2*1-3(2)4;1-5(2)6(3)4;1-4(2)3/h2*1-2H3;(H,1,2)(H,3,4);(H2,1,2,3). The molecule has 0 rings (SSSR count). The van der Waals surface area contributed by atoms with Crippen LogP contribution in [0.1, 0.15) is 27.7 Å². The second-order valence-electron chi connectivity index (χ2n) is 2.48. The van der Waals surface area contributed by atoms with Gasteiger partial charge in [0.25, 0.3) is 31.6 Å². The van der Waals surface area contributed by atoms with Crippen molar-refractivity contribution in [2.75, 3.05) is 0 Å². The van der Waals surface area contributed by atoms with E-state index in [-0.39, 0.29) is 11.6 Å². The summed E-state index contributed by atoms with van der Waals surface area (Å²) < 4.78 is 56.5. The summed E-state index contributed by atoms with van der Waals surface area (Å²) >= 11 is -2.61. The van der Waals surface area contributed by atoms with E-state index in [1.165, 1.54) is 27.7 Å². The molecule has 0 saturated heterocycles. The minimum Gasteiger partial charge on any atom is -0.300 e. The first-order valence-corrected chi connectivity index (χ1v) is 7.60. The maximum atomic E-state index is 9.44. The van der Waals surface area contributed by atoms with Crippen LogP contribution in [0.3, 0.4) is 0 Å². The van der Waals surface area contributed by atoms with E-state index in [0.29, 0.717) is 0 Å². The van der Waals surface area contributed by atoms with E-state index in [4.69, 9.17) is 22.4 Å². The summed E-state index contributed by atoms with van der Waals surface area (Å²) in [5, 5.41) is 0. The predicted octanol–water partition coefficient (Wildman–Crippen LogP) is 0.217. The lowest BCUT2D eigenvalue weighted by atomic mass is 10.6. The molecule has 12 heteroatoms. The lowest BCUT2D eigenvalue weighted by molar-refractivity contribution is -0.115. The molecule has 0 aromatic carbocycles. The van der Waals surface area contributed by atoms with Gasteiger partial charge in [0.05, 0.1) is 0 Å². The molecule has 0 radical (unpaired) electrons. The smallest absolute Gasteiger partial charge is 0.299 e. The Morgan fingerprint density at radius 2 is 0.722 bits per heavy atom. The third kappa shape index (κ3) is 254.